The van der Waals surface area contributed by atoms with Crippen LogP contribution >= 0.6 is 0 Å². The van der Waals surface area contributed by atoms with Crippen LogP contribution in [0.1, 0.15) is 13.8 Å². The fraction of sp³-hybridized carbons (Fsp3) is 1.00. The summed E-state index contributed by atoms with van der Waals surface area (Å²) >= 11 is -2.83. The maximum atomic E-state index is 2.57. The van der Waals surface area contributed by atoms with Crippen molar-refractivity contribution < 1.29 is 21.1 Å². The summed E-state index contributed by atoms with van der Waals surface area (Å²) in [5.74, 6) is 0. The van der Waals surface area contributed by atoms with Crippen LogP contribution in [0.5, 0.6) is 0 Å². The van der Waals surface area contributed by atoms with Crippen LogP contribution < -0.4 is 0 Å². The molecule has 0 radical (unpaired) electrons. The molecule has 5 heteroatoms. The quantitative estimate of drug-likeness (QED) is 0.631. The molecule has 0 saturated heterocycles. The van der Waals surface area contributed by atoms with E-state index in [1.54, 1.807) is 0 Å². The van der Waals surface area contributed by atoms with E-state index in [-0.39, 0.29) is 0 Å². The van der Waals surface area contributed by atoms with Crippen LogP contribution in [-0.2, 0) is 21.1 Å². The molecule has 4 nitrogen and oxygen atoms in total. The van der Waals surface area contributed by atoms with E-state index >= 15 is 0 Å². The molecule has 0 aromatic rings. The molecule has 0 saturated carbocycles. The Labute approximate surface area is 102 Å². The van der Waals surface area contributed by atoms with Crippen molar-refractivity contribution in [2.75, 3.05) is 55.4 Å². The molecule has 0 atom stereocenters. The average molecular weight is 383 g/mol. The molecule has 0 bridgehead atoms. The monoisotopic (exact) mass is 384 g/mol. The number of hydrogen-bond acceptors (Lipinski definition) is 4. The first-order valence-corrected chi connectivity index (χ1v) is 12.1. The molecule has 0 N–H and O–H groups in total. The minimum absolute atomic E-state index is 1.11. The Balaban J connectivity index is 5.26. The molecule has 0 aromatic carbocycles. The van der Waals surface area contributed by atoms with E-state index in [9.17, 15) is 0 Å². The van der Waals surface area contributed by atoms with E-state index in [1.807, 2.05) is 0 Å². The number of hydrogen-bond donors (Lipinski definition) is 0. The molecule has 0 aliphatic heterocycles. The maximum absolute atomic E-state index is 2.83. The molecule has 0 heterocycles. The van der Waals surface area contributed by atoms with Gasteiger partial charge in [-0.25, -0.2) is 0 Å². The van der Waals surface area contributed by atoms with Crippen LogP contribution in [0.4, 0.5) is 0 Å². The number of nitrogens with zero attached hydrogens (tertiary/aromatic N) is 4. The van der Waals surface area contributed by atoms with Gasteiger partial charge < -0.3 is 0 Å². The van der Waals surface area contributed by atoms with Gasteiger partial charge >= 0.3 is 102 Å². The second-order valence-electron chi connectivity index (χ2n) is 4.42. The van der Waals surface area contributed by atoms with Gasteiger partial charge in [0.05, 0.1) is 0 Å². The van der Waals surface area contributed by atoms with E-state index in [2.05, 4.69) is 67.7 Å². The van der Waals surface area contributed by atoms with Crippen LogP contribution in [0, 0.1) is 0 Å². The Morgan fingerprint density at radius 3 is 1.07 bits per heavy atom. The van der Waals surface area contributed by atoms with Crippen molar-refractivity contribution in [2.24, 2.45) is 0 Å². The van der Waals surface area contributed by atoms with Crippen LogP contribution in [0.3, 0.4) is 0 Å². The molecule has 0 spiro atoms. The third-order valence-electron chi connectivity index (χ3n) is 3.17. The van der Waals surface area contributed by atoms with Crippen LogP contribution in [0.2, 0.25) is 0 Å². The third kappa shape index (κ3) is 2.88. The zero-order valence-corrected chi connectivity index (χ0v) is 15.3. The van der Waals surface area contributed by atoms with Crippen molar-refractivity contribution in [1.82, 2.24) is 11.6 Å². The zero-order valence-electron chi connectivity index (χ0n) is 11.7. The van der Waals surface area contributed by atoms with Gasteiger partial charge in [0, 0.05) is 0 Å². The van der Waals surface area contributed by atoms with Gasteiger partial charge in [0.25, 0.3) is 0 Å². The summed E-state index contributed by atoms with van der Waals surface area (Å²) < 4.78 is 10.1. The Morgan fingerprint density at radius 2 is 0.933 bits per heavy atom. The molecule has 0 unspecified atom stereocenters. The van der Waals surface area contributed by atoms with Gasteiger partial charge in [0.2, 0.25) is 0 Å². The Bertz CT molecular complexity index is 164. The minimum atomic E-state index is -2.83. The second-order valence-corrected chi connectivity index (χ2v) is 20.6. The van der Waals surface area contributed by atoms with Crippen molar-refractivity contribution >= 4 is 0 Å². The predicted molar refractivity (Wildman–Crippen MR) is 64.0 cm³/mol. The molecule has 0 aliphatic carbocycles. The fourth-order valence-electron chi connectivity index (χ4n) is 2.48. The molecule has 0 amide bonds. The van der Waals surface area contributed by atoms with E-state index < -0.39 is 21.1 Å². The summed E-state index contributed by atoms with van der Waals surface area (Å²) in [6.07, 6.45) is 0. The van der Waals surface area contributed by atoms with E-state index in [0.29, 0.717) is 0 Å². The van der Waals surface area contributed by atoms with E-state index in [4.69, 9.17) is 0 Å². The Kier molecular flexibility index (Phi) is 6.75. The van der Waals surface area contributed by atoms with Crippen LogP contribution in [0.25, 0.3) is 0 Å². The van der Waals surface area contributed by atoms with Gasteiger partial charge in [-0.2, -0.15) is 0 Å². The summed E-state index contributed by atoms with van der Waals surface area (Å²) in [5, 5.41) is 0. The van der Waals surface area contributed by atoms with Crippen molar-refractivity contribution in [3.63, 3.8) is 0 Å². The molecular formula is C10H28HfN4. The van der Waals surface area contributed by atoms with E-state index in [1.165, 1.54) is 0 Å². The van der Waals surface area contributed by atoms with E-state index in [0.717, 1.165) is 13.1 Å². The van der Waals surface area contributed by atoms with Crippen LogP contribution in [0.15, 0.2) is 0 Å². The average Bonchev–Trinajstić information content (AvgIpc) is 2.16. The van der Waals surface area contributed by atoms with Crippen molar-refractivity contribution in [3.8, 4) is 0 Å². The van der Waals surface area contributed by atoms with Crippen molar-refractivity contribution in [3.05, 3.63) is 0 Å². The van der Waals surface area contributed by atoms with Gasteiger partial charge in [-0.05, 0) is 0 Å². The van der Waals surface area contributed by atoms with Gasteiger partial charge in [-0.3, -0.25) is 0 Å². The first-order valence-electron chi connectivity index (χ1n) is 5.62. The summed E-state index contributed by atoms with van der Waals surface area (Å²) in [7, 11) is 13.4. The first-order chi connectivity index (χ1) is 6.85. The van der Waals surface area contributed by atoms with Crippen molar-refractivity contribution in [2.45, 2.75) is 13.8 Å². The standard InChI is InChI=1S/2C3H8N.2C2H6N.Hf/c2*1-3-4-2;2*1-3-2;/h2*3H2,1-2H3;2*1-2H3;/q4*-1;+4. The van der Waals surface area contributed by atoms with Gasteiger partial charge in [0.15, 0.2) is 0 Å². The molecule has 0 aliphatic rings. The molecule has 0 aromatic heterocycles. The first kappa shape index (κ1) is 15.7. The SMILES string of the molecule is CC[N](C)[Hf]([N](C)C)([N](C)C)[N](C)CC. The molecular weight excluding hydrogens is 355 g/mol. The zero-order chi connectivity index (χ0) is 12.2. The second kappa shape index (κ2) is 6.45. The van der Waals surface area contributed by atoms with Gasteiger partial charge in [-0.1, -0.05) is 0 Å². The molecule has 0 rings (SSSR count). The van der Waals surface area contributed by atoms with Crippen LogP contribution in [-0.4, -0.2) is 66.9 Å². The summed E-state index contributed by atoms with van der Waals surface area (Å²) in [6.45, 7) is 6.71. The third-order valence-corrected chi connectivity index (χ3v) is 21.4. The summed E-state index contributed by atoms with van der Waals surface area (Å²) in [6, 6.07) is 0. The summed E-state index contributed by atoms with van der Waals surface area (Å²) in [5.41, 5.74) is 0. The molecule has 0 fully saturated rings. The normalized spacial score (nSPS) is 13.6. The predicted octanol–water partition coefficient (Wildman–Crippen LogP) is 0.827. The Hall–Kier alpha value is 0.710. The Morgan fingerprint density at radius 1 is 0.667 bits per heavy atom. The fourth-order valence-corrected chi connectivity index (χ4v) is 20.3. The van der Waals surface area contributed by atoms with Gasteiger partial charge in [-0.15, -0.1) is 0 Å². The topological polar surface area (TPSA) is 13.0 Å². The molecule has 92 valence electrons. The van der Waals surface area contributed by atoms with Crippen molar-refractivity contribution in [1.29, 1.82) is 0 Å². The van der Waals surface area contributed by atoms with Gasteiger partial charge in [0.1, 0.15) is 0 Å². The number of rotatable bonds is 6. The summed E-state index contributed by atoms with van der Waals surface area (Å²) in [4.78, 5) is 0. The molecule has 15 heavy (non-hydrogen) atoms.